The van der Waals surface area contributed by atoms with Gasteiger partial charge in [0.1, 0.15) is 0 Å². The van der Waals surface area contributed by atoms with Crippen molar-refractivity contribution in [2.45, 2.75) is 44.7 Å². The lowest BCUT2D eigenvalue weighted by molar-refractivity contribution is -0.131. The van der Waals surface area contributed by atoms with E-state index in [-0.39, 0.29) is 23.8 Å². The van der Waals surface area contributed by atoms with Crippen molar-refractivity contribution in [3.63, 3.8) is 0 Å². The molecule has 1 aliphatic heterocycles. The van der Waals surface area contributed by atoms with Gasteiger partial charge < -0.3 is 27.4 Å². The number of likely N-dealkylation sites (N-methyl/N-ethyl adjacent to an activating group) is 2. The molecule has 0 bridgehead atoms. The third-order valence-electron chi connectivity index (χ3n) is 7.08. The Labute approximate surface area is 272 Å². The maximum Gasteiger partial charge on any atom is 0.246 e. The normalized spacial score (nSPS) is 16.1. The number of aliphatic imine (C=N–C) groups is 2. The monoisotopic (exact) mass is 652 g/mol. The van der Waals surface area contributed by atoms with E-state index in [1.807, 2.05) is 49.4 Å². The van der Waals surface area contributed by atoms with Crippen LogP contribution < -0.4 is 27.4 Å². The van der Waals surface area contributed by atoms with Crippen LogP contribution in [-0.2, 0) is 4.79 Å². The van der Waals surface area contributed by atoms with E-state index in [9.17, 15) is 9.59 Å². The van der Waals surface area contributed by atoms with Crippen LogP contribution in [0.4, 0.5) is 0 Å². The van der Waals surface area contributed by atoms with Gasteiger partial charge in [-0.15, -0.1) is 22.7 Å². The largest absolute Gasteiger partial charge is 0.370 e. The minimum atomic E-state index is -0.234. The Balaban J connectivity index is 0.000000202. The zero-order valence-corrected chi connectivity index (χ0v) is 28.2. The lowest BCUT2D eigenvalue weighted by atomic mass is 10.1. The van der Waals surface area contributed by atoms with Crippen molar-refractivity contribution in [1.29, 1.82) is 0 Å². The van der Waals surface area contributed by atoms with Gasteiger partial charge in [-0.3, -0.25) is 24.5 Å². The summed E-state index contributed by atoms with van der Waals surface area (Å²) in [7, 11) is 6.80. The molecule has 5 rings (SSSR count). The van der Waals surface area contributed by atoms with Crippen molar-refractivity contribution >= 4 is 66.7 Å². The molecule has 1 aliphatic rings. The average Bonchev–Trinajstić information content (AvgIpc) is 3.67. The van der Waals surface area contributed by atoms with E-state index in [0.29, 0.717) is 30.0 Å². The molecule has 7 N–H and O–H groups in total. The fourth-order valence-electron chi connectivity index (χ4n) is 4.61. The number of amides is 1. The van der Waals surface area contributed by atoms with Crippen molar-refractivity contribution in [1.82, 2.24) is 30.8 Å². The number of carbonyl (C=O) groups is 2. The fraction of sp³-hybridized carbons (Fsp3) is 0.419. The Kier molecular flexibility index (Phi) is 14.3. The molecule has 0 unspecified atom stereocenters. The van der Waals surface area contributed by atoms with Crippen LogP contribution in [0.25, 0.3) is 20.4 Å². The van der Waals surface area contributed by atoms with E-state index in [4.69, 9.17) is 11.5 Å². The second-order valence-electron chi connectivity index (χ2n) is 10.1. The Hall–Kier alpha value is -3.98. The molecule has 1 amide bonds. The topological polar surface area (TPSA) is 176 Å². The molecule has 0 saturated carbocycles. The van der Waals surface area contributed by atoms with Gasteiger partial charge in [-0.05, 0) is 71.0 Å². The van der Waals surface area contributed by atoms with Crippen molar-refractivity contribution in [2.24, 2.45) is 21.5 Å². The number of rotatable bonds is 8. The summed E-state index contributed by atoms with van der Waals surface area (Å²) in [4.78, 5) is 42.1. The number of ketones is 1. The van der Waals surface area contributed by atoms with Gasteiger partial charge in [-0.25, -0.2) is 9.97 Å². The predicted molar refractivity (Wildman–Crippen MR) is 187 cm³/mol. The van der Waals surface area contributed by atoms with Crippen LogP contribution >= 0.6 is 22.7 Å². The number of likely N-dealkylation sites (tertiary alicyclic amines) is 1. The fourth-order valence-corrected chi connectivity index (χ4v) is 6.40. The summed E-state index contributed by atoms with van der Waals surface area (Å²) < 4.78 is 2.31. The van der Waals surface area contributed by atoms with Gasteiger partial charge in [0.25, 0.3) is 0 Å². The minimum Gasteiger partial charge on any atom is -0.370 e. The summed E-state index contributed by atoms with van der Waals surface area (Å²) in [6.07, 6.45) is 3.38. The zero-order chi connectivity index (χ0) is 32.8. The summed E-state index contributed by atoms with van der Waals surface area (Å²) in [6, 6.07) is 15.6. The number of nitrogens with two attached hydrogens (primary N) is 2. The maximum atomic E-state index is 12.5. The number of carbonyl (C=O) groups excluding carboxylic acids is 2. The number of nitrogens with one attached hydrogen (secondary N) is 3. The molecule has 0 spiro atoms. The molecule has 1 saturated heterocycles. The highest BCUT2D eigenvalue weighted by Crippen LogP contribution is 2.23. The number of hydrogen-bond acceptors (Lipinski definition) is 10. The summed E-state index contributed by atoms with van der Waals surface area (Å²) in [6.45, 7) is 3.40. The van der Waals surface area contributed by atoms with Crippen LogP contribution in [0.2, 0.25) is 0 Å². The standard InChI is InChI=1S/C15H21N5OS.C8H16N4O.C8H7NS/c1-17-11(7-5-9-19-15(16)18-2)13(21)14-20-10-6-3-4-8-12(10)22-14;1-10-6-4-3-5-12(7(6)13)8(9)11-2;1-6-9-7-4-2-3-5-8(7)10-6/h3-4,6,8,11,17H,5,7,9H2,1-2H3,(H3,16,18,19);6,10H,3-5H2,1-2H3,(H2,9,11);2-5H,1H3/t11-;6-;/m00./s1. The van der Waals surface area contributed by atoms with Gasteiger partial charge in [0.05, 0.1) is 37.5 Å². The third kappa shape index (κ3) is 10.3. The molecule has 0 aliphatic carbocycles. The quantitative estimate of drug-likeness (QED) is 0.0829. The van der Waals surface area contributed by atoms with Crippen LogP contribution in [0, 0.1) is 6.92 Å². The Morgan fingerprint density at radius 3 is 2.24 bits per heavy atom. The SMILES string of the molecule is CN=C(N)N1CCC[C@H](NC)C1=O.CN=C(N)NCCC[C@H](NC)C(=O)c1nc2ccccc2s1.Cc1nc2ccccc2s1. The van der Waals surface area contributed by atoms with Gasteiger partial charge in [0.2, 0.25) is 11.7 Å². The number of aryl methyl sites for hydroxylation is 1. The first-order chi connectivity index (χ1) is 21.7. The van der Waals surface area contributed by atoms with Crippen molar-refractivity contribution < 1.29 is 9.59 Å². The molecule has 2 aromatic heterocycles. The first-order valence-corrected chi connectivity index (χ1v) is 16.4. The van der Waals surface area contributed by atoms with Gasteiger partial charge in [0, 0.05) is 27.2 Å². The summed E-state index contributed by atoms with van der Waals surface area (Å²) in [5.41, 5.74) is 13.1. The smallest absolute Gasteiger partial charge is 0.246 e. The van der Waals surface area contributed by atoms with Crippen LogP contribution in [0.3, 0.4) is 0 Å². The number of Topliss-reactive ketones (excluding diaryl/α,β-unsaturated/α-hetero) is 1. The van der Waals surface area contributed by atoms with E-state index in [2.05, 4.69) is 42.0 Å². The molecule has 0 radical (unpaired) electrons. The number of piperidine rings is 1. The Bertz CT molecular complexity index is 1530. The highest BCUT2D eigenvalue weighted by Gasteiger charge is 2.29. The number of aromatic nitrogens is 2. The first kappa shape index (κ1) is 35.5. The molecule has 14 heteroatoms. The number of fused-ring (bicyclic) bond motifs is 2. The third-order valence-corrected chi connectivity index (χ3v) is 9.08. The lowest BCUT2D eigenvalue weighted by Gasteiger charge is -2.30. The molecule has 242 valence electrons. The number of thiazole rings is 2. The maximum absolute atomic E-state index is 12.5. The van der Waals surface area contributed by atoms with Crippen LogP contribution in [-0.4, -0.2) is 91.8 Å². The number of nitrogens with zero attached hydrogens (tertiary/aromatic N) is 5. The van der Waals surface area contributed by atoms with Gasteiger partial charge in [-0.2, -0.15) is 0 Å². The van der Waals surface area contributed by atoms with Crippen LogP contribution in [0.1, 0.15) is 40.5 Å². The minimum absolute atomic E-state index is 0.0249. The molecule has 12 nitrogen and oxygen atoms in total. The molecule has 2 aromatic carbocycles. The highest BCUT2D eigenvalue weighted by atomic mass is 32.1. The van der Waals surface area contributed by atoms with E-state index < -0.39 is 0 Å². The van der Waals surface area contributed by atoms with Gasteiger partial charge in [-0.1, -0.05) is 24.3 Å². The molecule has 3 heterocycles. The van der Waals surface area contributed by atoms with E-state index >= 15 is 0 Å². The summed E-state index contributed by atoms with van der Waals surface area (Å²) in [5, 5.41) is 10.7. The number of benzene rings is 2. The van der Waals surface area contributed by atoms with E-state index in [1.165, 1.54) is 20.9 Å². The highest BCUT2D eigenvalue weighted by molar-refractivity contribution is 7.20. The van der Waals surface area contributed by atoms with Gasteiger partial charge >= 0.3 is 0 Å². The number of guanidine groups is 2. The Morgan fingerprint density at radius 2 is 1.67 bits per heavy atom. The molecule has 45 heavy (non-hydrogen) atoms. The molecule has 2 atom stereocenters. The Morgan fingerprint density at radius 1 is 1.02 bits per heavy atom. The molecular weight excluding hydrogens is 609 g/mol. The summed E-state index contributed by atoms with van der Waals surface area (Å²) >= 11 is 3.18. The second kappa shape index (κ2) is 18.1. The first-order valence-electron chi connectivity index (χ1n) is 14.8. The van der Waals surface area contributed by atoms with E-state index in [1.54, 1.807) is 39.5 Å². The van der Waals surface area contributed by atoms with Crippen molar-refractivity contribution in [2.75, 3.05) is 41.3 Å². The summed E-state index contributed by atoms with van der Waals surface area (Å²) in [5.74, 6) is 0.793. The molecular formula is C31H44N10O2S2. The van der Waals surface area contributed by atoms with E-state index in [0.717, 1.165) is 46.4 Å². The zero-order valence-electron chi connectivity index (χ0n) is 26.5. The lowest BCUT2D eigenvalue weighted by Crippen LogP contribution is -2.54. The molecule has 1 fully saturated rings. The second-order valence-corrected chi connectivity index (χ2v) is 12.4. The van der Waals surface area contributed by atoms with Crippen molar-refractivity contribution in [3.8, 4) is 0 Å². The van der Waals surface area contributed by atoms with Gasteiger partial charge in [0.15, 0.2) is 16.9 Å². The number of para-hydroxylation sites is 2. The van der Waals surface area contributed by atoms with Crippen LogP contribution in [0.5, 0.6) is 0 Å². The predicted octanol–water partition coefficient (Wildman–Crippen LogP) is 3.13. The average molecular weight is 653 g/mol. The number of hydrogen-bond donors (Lipinski definition) is 5. The van der Waals surface area contributed by atoms with Crippen molar-refractivity contribution in [3.05, 3.63) is 58.5 Å². The van der Waals surface area contributed by atoms with Crippen LogP contribution in [0.15, 0.2) is 58.5 Å². The molecule has 4 aromatic rings.